The van der Waals surface area contributed by atoms with Crippen molar-refractivity contribution >= 4 is 5.91 Å². The van der Waals surface area contributed by atoms with Gasteiger partial charge in [0.2, 0.25) is 5.91 Å². The summed E-state index contributed by atoms with van der Waals surface area (Å²) in [7, 11) is 0. The molecule has 1 amide bonds. The van der Waals surface area contributed by atoms with Crippen LogP contribution in [0.5, 0.6) is 0 Å². The highest BCUT2D eigenvalue weighted by Gasteiger charge is 2.53. The Morgan fingerprint density at radius 2 is 1.96 bits per heavy atom. The molecule has 150 valence electrons. The molecule has 1 fully saturated rings. The molecule has 2 aliphatic heterocycles. The third-order valence-electron chi connectivity index (χ3n) is 5.37. The number of carbonyl (C=O) groups is 1. The number of pyridine rings is 1. The van der Waals surface area contributed by atoms with Gasteiger partial charge >= 0.3 is 6.18 Å². The summed E-state index contributed by atoms with van der Waals surface area (Å²) in [5.74, 6) is -2.00. The van der Waals surface area contributed by atoms with E-state index >= 15 is 0 Å². The molecule has 0 unspecified atom stereocenters. The number of likely N-dealkylation sites (tertiary alicyclic amines) is 1. The molecular weight excluding hydrogens is 373 g/mol. The Morgan fingerprint density at radius 1 is 1.21 bits per heavy atom. The molecule has 0 radical (unpaired) electrons. The van der Waals surface area contributed by atoms with Crippen LogP contribution in [-0.2, 0) is 24.4 Å². The number of carbonyl (C=O) groups excluding carboxylic acids is 1. The van der Waals surface area contributed by atoms with Gasteiger partial charge in [-0.2, -0.15) is 18.3 Å². The van der Waals surface area contributed by atoms with Gasteiger partial charge in [0, 0.05) is 38.6 Å². The Balaban J connectivity index is 1.50. The van der Waals surface area contributed by atoms with Crippen LogP contribution in [0, 0.1) is 18.8 Å². The molecule has 2 aliphatic rings. The topological polar surface area (TPSA) is 67.2 Å². The zero-order valence-electron chi connectivity index (χ0n) is 15.4. The van der Waals surface area contributed by atoms with Crippen LogP contribution in [0.3, 0.4) is 0 Å². The largest absolute Gasteiger partial charge is 0.393 e. The summed E-state index contributed by atoms with van der Waals surface area (Å²) < 4.78 is 42.7. The summed E-state index contributed by atoms with van der Waals surface area (Å²) in [5, 5.41) is 4.23. The molecule has 4 rings (SSSR count). The van der Waals surface area contributed by atoms with Crippen LogP contribution in [0.2, 0.25) is 0 Å². The van der Waals surface area contributed by atoms with E-state index in [2.05, 4.69) is 15.1 Å². The van der Waals surface area contributed by atoms with Gasteiger partial charge in [-0.25, -0.2) is 9.67 Å². The molecule has 28 heavy (non-hydrogen) atoms. The van der Waals surface area contributed by atoms with Crippen LogP contribution in [0.1, 0.15) is 17.2 Å². The first-order valence-electron chi connectivity index (χ1n) is 9.18. The second kappa shape index (κ2) is 7.16. The van der Waals surface area contributed by atoms with E-state index in [4.69, 9.17) is 0 Å². The maximum atomic E-state index is 13.7. The Kier molecular flexibility index (Phi) is 4.82. The van der Waals surface area contributed by atoms with Gasteiger partial charge in [-0.3, -0.25) is 14.7 Å². The minimum absolute atomic E-state index is 0.0908. The molecule has 1 saturated heterocycles. The third kappa shape index (κ3) is 3.73. The lowest BCUT2D eigenvalue weighted by Gasteiger charge is -2.31. The lowest BCUT2D eigenvalue weighted by atomic mass is 9.94. The van der Waals surface area contributed by atoms with Gasteiger partial charge in [0.05, 0.1) is 24.9 Å². The van der Waals surface area contributed by atoms with E-state index in [1.165, 1.54) is 4.90 Å². The number of aromatic nitrogens is 4. The molecule has 0 aromatic carbocycles. The molecule has 0 N–H and O–H groups in total. The minimum Gasteiger partial charge on any atom is -0.333 e. The van der Waals surface area contributed by atoms with Crippen molar-refractivity contribution in [3.8, 4) is 0 Å². The lowest BCUT2D eigenvalue weighted by molar-refractivity contribution is -0.186. The van der Waals surface area contributed by atoms with E-state index < -0.39 is 23.9 Å². The molecule has 4 heterocycles. The van der Waals surface area contributed by atoms with E-state index in [1.807, 2.05) is 0 Å². The summed E-state index contributed by atoms with van der Waals surface area (Å²) in [4.78, 5) is 24.4. The molecule has 7 nitrogen and oxygen atoms in total. The second-order valence-electron chi connectivity index (χ2n) is 7.36. The van der Waals surface area contributed by atoms with E-state index in [0.717, 1.165) is 5.56 Å². The molecule has 2 aromatic heterocycles. The van der Waals surface area contributed by atoms with E-state index in [0.29, 0.717) is 31.3 Å². The highest BCUT2D eigenvalue weighted by atomic mass is 19.4. The number of alkyl halides is 3. The van der Waals surface area contributed by atoms with Gasteiger partial charge in [0.15, 0.2) is 0 Å². The molecule has 10 heteroatoms. The fraction of sp³-hybridized carbons (Fsp3) is 0.556. The normalized spacial score (nSPS) is 23.1. The van der Waals surface area contributed by atoms with Gasteiger partial charge in [-0.05, 0) is 24.6 Å². The van der Waals surface area contributed by atoms with Crippen molar-refractivity contribution in [1.82, 2.24) is 29.5 Å². The van der Waals surface area contributed by atoms with E-state index in [1.54, 1.807) is 41.0 Å². The number of aryl methyl sites for hydroxylation is 1. The Bertz CT molecular complexity index is 853. The molecule has 0 saturated carbocycles. The smallest absolute Gasteiger partial charge is 0.333 e. The molecule has 0 spiro atoms. The standard InChI is InChI=1S/C18H21F3N6O/c1-12-23-16-11-26(6-7-27(16)24-12)17(28)14-9-25(10-15(14)18(19,20)21)8-13-2-4-22-5-3-13/h2-5,14-15H,6-11H2,1H3/t14-,15-/m1/s1. The molecular formula is C18H21F3N6O. The maximum Gasteiger partial charge on any atom is 0.393 e. The Morgan fingerprint density at radius 3 is 2.68 bits per heavy atom. The van der Waals surface area contributed by atoms with Crippen molar-refractivity contribution in [3.05, 3.63) is 41.7 Å². The predicted molar refractivity (Wildman–Crippen MR) is 92.7 cm³/mol. The number of hydrogen-bond donors (Lipinski definition) is 0. The summed E-state index contributed by atoms with van der Waals surface area (Å²) in [6, 6.07) is 3.55. The van der Waals surface area contributed by atoms with E-state index in [9.17, 15) is 18.0 Å². The van der Waals surface area contributed by atoms with Crippen molar-refractivity contribution in [1.29, 1.82) is 0 Å². The van der Waals surface area contributed by atoms with E-state index in [-0.39, 0.29) is 19.6 Å². The second-order valence-corrected chi connectivity index (χ2v) is 7.36. The monoisotopic (exact) mass is 394 g/mol. The van der Waals surface area contributed by atoms with Crippen molar-refractivity contribution < 1.29 is 18.0 Å². The van der Waals surface area contributed by atoms with Crippen molar-refractivity contribution in [2.45, 2.75) is 32.7 Å². The third-order valence-corrected chi connectivity index (χ3v) is 5.37. The van der Waals surface area contributed by atoms with Gasteiger partial charge in [-0.1, -0.05) is 0 Å². The number of hydrogen-bond acceptors (Lipinski definition) is 5. The van der Waals surface area contributed by atoms with Crippen LogP contribution in [0.15, 0.2) is 24.5 Å². The van der Waals surface area contributed by atoms with Gasteiger partial charge in [-0.15, -0.1) is 0 Å². The number of amides is 1. The minimum atomic E-state index is -4.42. The van der Waals surface area contributed by atoms with Gasteiger partial charge in [0.25, 0.3) is 0 Å². The summed E-state index contributed by atoms with van der Waals surface area (Å²) in [6.07, 6.45) is -1.19. The van der Waals surface area contributed by atoms with Gasteiger partial charge < -0.3 is 4.90 Å². The molecule has 2 atom stereocenters. The number of nitrogens with zero attached hydrogens (tertiary/aromatic N) is 6. The quantitative estimate of drug-likeness (QED) is 0.792. The first-order valence-corrected chi connectivity index (χ1v) is 9.18. The lowest BCUT2D eigenvalue weighted by Crippen LogP contribution is -2.46. The van der Waals surface area contributed by atoms with Gasteiger partial charge in [0.1, 0.15) is 11.6 Å². The first kappa shape index (κ1) is 18.9. The molecule has 2 aromatic rings. The van der Waals surface area contributed by atoms with Crippen LogP contribution in [0.4, 0.5) is 13.2 Å². The highest BCUT2D eigenvalue weighted by Crippen LogP contribution is 2.39. The fourth-order valence-electron chi connectivity index (χ4n) is 4.03. The predicted octanol–water partition coefficient (Wildman–Crippen LogP) is 1.63. The summed E-state index contributed by atoms with van der Waals surface area (Å²) in [6.45, 7) is 3.04. The average molecular weight is 394 g/mol. The summed E-state index contributed by atoms with van der Waals surface area (Å²) in [5.41, 5.74) is 0.880. The van der Waals surface area contributed by atoms with Crippen LogP contribution in [0.25, 0.3) is 0 Å². The Hall–Kier alpha value is -2.49. The fourth-order valence-corrected chi connectivity index (χ4v) is 4.03. The number of rotatable bonds is 3. The molecule has 0 bridgehead atoms. The SMILES string of the molecule is Cc1nc2n(n1)CCN(C(=O)[C@@H]1CN(Cc3ccncc3)C[C@H]1C(F)(F)F)C2. The number of halogens is 3. The zero-order chi connectivity index (χ0) is 19.9. The number of fused-ring (bicyclic) bond motifs is 1. The van der Waals surface area contributed by atoms with Crippen LogP contribution >= 0.6 is 0 Å². The zero-order valence-corrected chi connectivity index (χ0v) is 15.4. The van der Waals surface area contributed by atoms with Crippen molar-refractivity contribution in [2.24, 2.45) is 11.8 Å². The molecule has 0 aliphatic carbocycles. The summed E-state index contributed by atoms with van der Waals surface area (Å²) >= 11 is 0. The average Bonchev–Trinajstić information content (AvgIpc) is 3.23. The van der Waals surface area contributed by atoms with Crippen molar-refractivity contribution in [3.63, 3.8) is 0 Å². The highest BCUT2D eigenvalue weighted by molar-refractivity contribution is 5.80. The van der Waals surface area contributed by atoms with Crippen LogP contribution in [-0.4, -0.2) is 61.3 Å². The first-order chi connectivity index (χ1) is 13.3. The van der Waals surface area contributed by atoms with Crippen molar-refractivity contribution in [2.75, 3.05) is 19.6 Å². The Labute approximate surface area is 160 Å². The maximum absolute atomic E-state index is 13.7. The van der Waals surface area contributed by atoms with Crippen LogP contribution < -0.4 is 0 Å².